The lowest BCUT2D eigenvalue weighted by atomic mass is 10.2. The number of nitrogens with one attached hydrogen (secondary N) is 2. The summed E-state index contributed by atoms with van der Waals surface area (Å²) in [5.74, 6) is 0. The summed E-state index contributed by atoms with van der Waals surface area (Å²) >= 11 is 0. The highest BCUT2D eigenvalue weighted by molar-refractivity contribution is 5.76. The van der Waals surface area contributed by atoms with Crippen molar-refractivity contribution in [3.63, 3.8) is 0 Å². The number of amides is 2. The first-order valence-corrected chi connectivity index (χ1v) is 5.70. The van der Waals surface area contributed by atoms with Crippen LogP contribution in [0, 0.1) is 0 Å². The van der Waals surface area contributed by atoms with Crippen LogP contribution in [-0.2, 0) is 4.74 Å². The van der Waals surface area contributed by atoms with Crippen LogP contribution in [0.15, 0.2) is 0 Å². The van der Waals surface area contributed by atoms with Gasteiger partial charge in [0.1, 0.15) is 0 Å². The summed E-state index contributed by atoms with van der Waals surface area (Å²) in [4.78, 5) is 13.0. The van der Waals surface area contributed by atoms with Gasteiger partial charge in [0.05, 0.1) is 13.2 Å². The first-order chi connectivity index (χ1) is 7.36. The molecule has 5 heteroatoms. The van der Waals surface area contributed by atoms with Crippen LogP contribution in [0.25, 0.3) is 0 Å². The van der Waals surface area contributed by atoms with Crippen LogP contribution in [0.1, 0.15) is 12.8 Å². The number of ether oxygens (including phenoxy) is 1. The van der Waals surface area contributed by atoms with Gasteiger partial charge < -0.3 is 20.3 Å². The molecule has 2 fully saturated rings. The molecule has 1 atom stereocenters. The SMILES string of the molecule is O=C1NCCN1CCOCC1CCCN1. The third-order valence-electron chi connectivity index (χ3n) is 2.93. The summed E-state index contributed by atoms with van der Waals surface area (Å²) in [6, 6.07) is 0.565. The van der Waals surface area contributed by atoms with Crippen LogP contribution < -0.4 is 10.6 Å². The normalized spacial score (nSPS) is 26.0. The Hall–Kier alpha value is -0.810. The van der Waals surface area contributed by atoms with Crippen molar-refractivity contribution in [3.8, 4) is 0 Å². The Morgan fingerprint density at radius 1 is 1.47 bits per heavy atom. The smallest absolute Gasteiger partial charge is 0.317 e. The van der Waals surface area contributed by atoms with Crippen molar-refractivity contribution in [1.29, 1.82) is 0 Å². The van der Waals surface area contributed by atoms with Gasteiger partial charge in [0, 0.05) is 25.7 Å². The van der Waals surface area contributed by atoms with Crippen molar-refractivity contribution in [2.45, 2.75) is 18.9 Å². The van der Waals surface area contributed by atoms with E-state index in [0.29, 0.717) is 19.2 Å². The van der Waals surface area contributed by atoms with E-state index in [2.05, 4.69) is 10.6 Å². The van der Waals surface area contributed by atoms with Crippen LogP contribution in [0.3, 0.4) is 0 Å². The molecule has 0 bridgehead atoms. The molecule has 5 nitrogen and oxygen atoms in total. The molecular weight excluding hydrogens is 194 g/mol. The number of rotatable bonds is 5. The van der Waals surface area contributed by atoms with E-state index in [4.69, 9.17) is 4.74 Å². The minimum absolute atomic E-state index is 0.0394. The highest BCUT2D eigenvalue weighted by Crippen LogP contribution is 2.05. The monoisotopic (exact) mass is 213 g/mol. The van der Waals surface area contributed by atoms with Crippen LogP contribution >= 0.6 is 0 Å². The molecule has 86 valence electrons. The lowest BCUT2D eigenvalue weighted by Crippen LogP contribution is -2.33. The van der Waals surface area contributed by atoms with E-state index in [0.717, 1.165) is 26.2 Å². The zero-order valence-electron chi connectivity index (χ0n) is 9.00. The average Bonchev–Trinajstić information content (AvgIpc) is 2.85. The van der Waals surface area contributed by atoms with Crippen molar-refractivity contribution in [1.82, 2.24) is 15.5 Å². The maximum absolute atomic E-state index is 11.2. The van der Waals surface area contributed by atoms with E-state index in [1.54, 1.807) is 4.90 Å². The van der Waals surface area contributed by atoms with Gasteiger partial charge in [-0.3, -0.25) is 0 Å². The van der Waals surface area contributed by atoms with E-state index in [9.17, 15) is 4.79 Å². The molecule has 0 aliphatic carbocycles. The third-order valence-corrected chi connectivity index (χ3v) is 2.93. The van der Waals surface area contributed by atoms with Crippen molar-refractivity contribution in [2.75, 3.05) is 39.4 Å². The van der Waals surface area contributed by atoms with E-state index < -0.39 is 0 Å². The van der Waals surface area contributed by atoms with Crippen LogP contribution in [0.2, 0.25) is 0 Å². The van der Waals surface area contributed by atoms with Gasteiger partial charge in [0.15, 0.2) is 0 Å². The minimum Gasteiger partial charge on any atom is -0.378 e. The van der Waals surface area contributed by atoms with Gasteiger partial charge in [-0.15, -0.1) is 0 Å². The molecule has 2 aliphatic heterocycles. The number of carbonyl (C=O) groups is 1. The number of carbonyl (C=O) groups excluding carboxylic acids is 1. The van der Waals surface area contributed by atoms with E-state index in [1.165, 1.54) is 12.8 Å². The number of urea groups is 1. The molecule has 2 heterocycles. The fourth-order valence-corrected chi connectivity index (χ4v) is 2.02. The largest absolute Gasteiger partial charge is 0.378 e. The Morgan fingerprint density at radius 2 is 2.40 bits per heavy atom. The topological polar surface area (TPSA) is 53.6 Å². The molecule has 2 saturated heterocycles. The number of hydrogen-bond acceptors (Lipinski definition) is 3. The second-order valence-electron chi connectivity index (χ2n) is 4.09. The van der Waals surface area contributed by atoms with Gasteiger partial charge in [-0.2, -0.15) is 0 Å². The van der Waals surface area contributed by atoms with Crippen LogP contribution in [-0.4, -0.2) is 56.4 Å². The lowest BCUT2D eigenvalue weighted by molar-refractivity contribution is 0.101. The standard InChI is InChI=1S/C10H19N3O2/c14-10-12-4-5-13(10)6-7-15-8-9-2-1-3-11-9/h9,11H,1-8H2,(H,12,14). The maximum atomic E-state index is 11.2. The highest BCUT2D eigenvalue weighted by atomic mass is 16.5. The quantitative estimate of drug-likeness (QED) is 0.621. The van der Waals surface area contributed by atoms with Crippen molar-refractivity contribution in [2.24, 2.45) is 0 Å². The second kappa shape index (κ2) is 5.32. The Bertz CT molecular complexity index is 217. The molecule has 0 aromatic heterocycles. The van der Waals surface area contributed by atoms with E-state index >= 15 is 0 Å². The average molecular weight is 213 g/mol. The summed E-state index contributed by atoms with van der Waals surface area (Å²) in [6.07, 6.45) is 2.47. The first-order valence-electron chi connectivity index (χ1n) is 5.70. The summed E-state index contributed by atoms with van der Waals surface area (Å²) in [7, 11) is 0. The van der Waals surface area contributed by atoms with Gasteiger partial charge in [0.25, 0.3) is 0 Å². The Labute approximate surface area is 90.1 Å². The van der Waals surface area contributed by atoms with Gasteiger partial charge in [-0.05, 0) is 19.4 Å². The predicted octanol–water partition coefficient (Wildman–Crippen LogP) is -0.220. The molecule has 1 unspecified atom stereocenters. The van der Waals surface area contributed by atoms with Gasteiger partial charge in [-0.1, -0.05) is 0 Å². The summed E-state index contributed by atoms with van der Waals surface area (Å²) in [5, 5.41) is 6.15. The molecule has 2 aliphatic rings. The Kier molecular flexibility index (Phi) is 3.80. The molecule has 0 saturated carbocycles. The lowest BCUT2D eigenvalue weighted by Gasteiger charge is -2.15. The first kappa shape index (κ1) is 10.7. The Morgan fingerprint density at radius 3 is 3.07 bits per heavy atom. The number of nitrogens with zero attached hydrogens (tertiary/aromatic N) is 1. The molecule has 2 rings (SSSR count). The second-order valence-corrected chi connectivity index (χ2v) is 4.09. The molecule has 2 N–H and O–H groups in total. The van der Waals surface area contributed by atoms with Crippen molar-refractivity contribution >= 4 is 6.03 Å². The molecule has 0 spiro atoms. The maximum Gasteiger partial charge on any atom is 0.317 e. The van der Waals surface area contributed by atoms with Crippen molar-refractivity contribution in [3.05, 3.63) is 0 Å². The molecule has 2 amide bonds. The summed E-state index contributed by atoms with van der Waals surface area (Å²) in [5.41, 5.74) is 0. The zero-order chi connectivity index (χ0) is 10.5. The summed E-state index contributed by atoms with van der Waals surface area (Å²) in [6.45, 7) is 4.81. The molecule has 0 aromatic carbocycles. The van der Waals surface area contributed by atoms with Crippen LogP contribution in [0.4, 0.5) is 4.79 Å². The highest BCUT2D eigenvalue weighted by Gasteiger charge is 2.19. The number of hydrogen-bond donors (Lipinski definition) is 2. The van der Waals surface area contributed by atoms with E-state index in [-0.39, 0.29) is 6.03 Å². The summed E-state index contributed by atoms with van der Waals surface area (Å²) < 4.78 is 5.54. The molecular formula is C10H19N3O2. The predicted molar refractivity (Wildman–Crippen MR) is 56.8 cm³/mol. The fourth-order valence-electron chi connectivity index (χ4n) is 2.02. The van der Waals surface area contributed by atoms with Gasteiger partial charge >= 0.3 is 6.03 Å². The molecule has 15 heavy (non-hydrogen) atoms. The van der Waals surface area contributed by atoms with Gasteiger partial charge in [-0.25, -0.2) is 4.79 Å². The Balaban J connectivity index is 1.52. The fraction of sp³-hybridized carbons (Fsp3) is 0.900. The molecule has 0 radical (unpaired) electrons. The van der Waals surface area contributed by atoms with Gasteiger partial charge in [0.2, 0.25) is 0 Å². The minimum atomic E-state index is 0.0394. The zero-order valence-corrected chi connectivity index (χ0v) is 9.00. The third kappa shape index (κ3) is 3.07. The van der Waals surface area contributed by atoms with Crippen molar-refractivity contribution < 1.29 is 9.53 Å². The van der Waals surface area contributed by atoms with Crippen LogP contribution in [0.5, 0.6) is 0 Å². The van der Waals surface area contributed by atoms with E-state index in [1.807, 2.05) is 0 Å². The molecule has 0 aromatic rings.